The Labute approximate surface area is 242 Å². The molecular weight excluding hydrogens is 526 g/mol. The molecule has 2 fully saturated rings. The van der Waals surface area contributed by atoms with E-state index in [1.165, 1.54) is 25.0 Å². The molecule has 1 aliphatic carbocycles. The van der Waals surface area contributed by atoms with E-state index in [4.69, 9.17) is 14.8 Å². The van der Waals surface area contributed by atoms with E-state index >= 15 is 0 Å². The predicted octanol–water partition coefficient (Wildman–Crippen LogP) is 5.39. The van der Waals surface area contributed by atoms with Crippen molar-refractivity contribution in [1.29, 1.82) is 0 Å². The van der Waals surface area contributed by atoms with Crippen LogP contribution in [-0.2, 0) is 28.3 Å². The molecule has 3 aliphatic rings. The lowest BCUT2D eigenvalue weighted by Gasteiger charge is -2.39. The van der Waals surface area contributed by atoms with Gasteiger partial charge in [0.15, 0.2) is 0 Å². The summed E-state index contributed by atoms with van der Waals surface area (Å²) in [7, 11) is 0. The van der Waals surface area contributed by atoms with Crippen LogP contribution >= 0.6 is 0 Å². The summed E-state index contributed by atoms with van der Waals surface area (Å²) >= 11 is 0. The molecule has 0 bridgehead atoms. The molecule has 0 radical (unpaired) electrons. The molecule has 2 unspecified atom stereocenters. The van der Waals surface area contributed by atoms with Gasteiger partial charge in [-0.2, -0.15) is 8.78 Å². The van der Waals surface area contributed by atoms with Gasteiger partial charge < -0.3 is 15.2 Å². The minimum absolute atomic E-state index is 0.204. The van der Waals surface area contributed by atoms with E-state index in [0.717, 1.165) is 75.5 Å². The van der Waals surface area contributed by atoms with Gasteiger partial charge >= 0.3 is 0 Å². The number of likely N-dealkylation sites (tertiary alicyclic amines) is 1. The number of halogens is 2. The molecule has 1 aromatic carbocycles. The maximum absolute atomic E-state index is 14.1. The maximum atomic E-state index is 14.1. The molecule has 1 aromatic heterocycles. The highest BCUT2D eigenvalue weighted by atomic mass is 19.3. The van der Waals surface area contributed by atoms with E-state index in [2.05, 4.69) is 15.2 Å². The number of Topliss-reactive ketones (excluding diaryl/α,β-unsaturated/α-hetero) is 1. The number of carbonyl (C=O) groups is 1. The first kappa shape index (κ1) is 30.0. The lowest BCUT2D eigenvalue weighted by molar-refractivity contribution is -0.120. The van der Waals surface area contributed by atoms with Crippen molar-refractivity contribution in [3.63, 3.8) is 0 Å². The molecule has 2 aliphatic heterocycles. The van der Waals surface area contributed by atoms with Crippen molar-refractivity contribution in [1.82, 2.24) is 14.9 Å². The third kappa shape index (κ3) is 7.48. The zero-order valence-electron chi connectivity index (χ0n) is 24.4. The Bertz CT molecular complexity index is 1210. The average molecular weight is 571 g/mol. The highest BCUT2D eigenvalue weighted by Crippen LogP contribution is 2.35. The van der Waals surface area contributed by atoms with Crippen molar-refractivity contribution >= 4 is 11.6 Å². The molecule has 5 rings (SSSR count). The summed E-state index contributed by atoms with van der Waals surface area (Å²) in [5, 5.41) is 12.5. The summed E-state index contributed by atoms with van der Waals surface area (Å²) in [6.07, 6.45) is 8.42. The Kier molecular flexibility index (Phi) is 9.66. The van der Waals surface area contributed by atoms with Gasteiger partial charge in [0.05, 0.1) is 19.3 Å². The topological polar surface area (TPSA) is 87.6 Å². The number of aromatic nitrogens is 2. The number of nitrogens with one attached hydrogen (secondary N) is 1. The average Bonchev–Trinajstić information content (AvgIpc) is 3.33. The van der Waals surface area contributed by atoms with E-state index in [1.807, 2.05) is 13.8 Å². The number of ether oxygens (including phenoxy) is 1. The molecule has 2 saturated heterocycles. The molecular formula is C32H44F2N4O3. The third-order valence-corrected chi connectivity index (χ3v) is 9.16. The Hall–Kier alpha value is -2.49. The molecule has 2 N–H and O–H groups in total. The Morgan fingerprint density at radius 3 is 2.76 bits per heavy atom. The summed E-state index contributed by atoms with van der Waals surface area (Å²) in [4.78, 5) is 24.9. The van der Waals surface area contributed by atoms with Crippen LogP contribution in [0.4, 0.5) is 14.6 Å². The highest BCUT2D eigenvalue weighted by molar-refractivity contribution is 5.78. The molecule has 2 aromatic rings. The van der Waals surface area contributed by atoms with Gasteiger partial charge in [0.25, 0.3) is 5.92 Å². The Balaban J connectivity index is 1.15. The first-order valence-corrected chi connectivity index (χ1v) is 15.3. The van der Waals surface area contributed by atoms with E-state index in [-0.39, 0.29) is 11.6 Å². The van der Waals surface area contributed by atoms with Crippen LogP contribution in [0, 0.1) is 18.8 Å². The molecule has 0 saturated carbocycles. The number of aliphatic hydroxyl groups excluding tert-OH is 1. The molecule has 3 heterocycles. The Morgan fingerprint density at radius 1 is 1.17 bits per heavy atom. The number of rotatable bonds is 11. The summed E-state index contributed by atoms with van der Waals surface area (Å²) in [5.74, 6) is -0.674. The first-order valence-electron chi connectivity index (χ1n) is 15.3. The van der Waals surface area contributed by atoms with Crippen LogP contribution in [0.5, 0.6) is 0 Å². The van der Waals surface area contributed by atoms with Crippen molar-refractivity contribution in [3.05, 3.63) is 52.5 Å². The van der Waals surface area contributed by atoms with Gasteiger partial charge in [-0.1, -0.05) is 24.6 Å². The van der Waals surface area contributed by atoms with Crippen LogP contribution in [0.15, 0.2) is 24.3 Å². The number of anilines is 1. The van der Waals surface area contributed by atoms with Gasteiger partial charge in [0.1, 0.15) is 24.0 Å². The predicted molar refractivity (Wildman–Crippen MR) is 154 cm³/mol. The van der Waals surface area contributed by atoms with Crippen molar-refractivity contribution in [2.24, 2.45) is 11.8 Å². The second kappa shape index (κ2) is 13.2. The number of carbonyl (C=O) groups excluding carboxylic acids is 1. The van der Waals surface area contributed by atoms with E-state index in [9.17, 15) is 13.6 Å². The van der Waals surface area contributed by atoms with Crippen molar-refractivity contribution < 1.29 is 23.4 Å². The van der Waals surface area contributed by atoms with E-state index in [1.54, 1.807) is 12.1 Å². The van der Waals surface area contributed by atoms with Crippen molar-refractivity contribution in [3.8, 4) is 0 Å². The number of benzene rings is 1. The minimum Gasteiger partial charge on any atom is -0.390 e. The van der Waals surface area contributed by atoms with Crippen molar-refractivity contribution in [2.45, 2.75) is 89.6 Å². The minimum atomic E-state index is -3.28. The van der Waals surface area contributed by atoms with E-state index < -0.39 is 12.5 Å². The number of aliphatic hydroxyl groups is 1. The van der Waals surface area contributed by atoms with Gasteiger partial charge in [0.2, 0.25) is 0 Å². The molecule has 0 amide bonds. The second-order valence-corrected chi connectivity index (χ2v) is 12.3. The molecule has 3 atom stereocenters. The number of aryl methyl sites for hydroxylation is 1. The number of fused-ring (bicyclic) bond motifs is 1. The fraction of sp³-hybridized carbons (Fsp3) is 0.656. The molecule has 0 spiro atoms. The van der Waals surface area contributed by atoms with Crippen LogP contribution in [0.1, 0.15) is 86.1 Å². The summed E-state index contributed by atoms with van der Waals surface area (Å²) in [6.45, 7) is 6.49. The van der Waals surface area contributed by atoms with Crippen LogP contribution < -0.4 is 5.32 Å². The normalized spacial score (nSPS) is 22.9. The standard InChI is InChI=1S/C32H44F2N4O3/c1-21(25-7-5-8-26(17-25)32(33,34)20-39)35-31-29-15-24(16-30(29)36-22(2)37-31)9-10-28(40)14-23-6-3-4-12-38(13-11-23)27-18-41-19-27/h5,7-8,17,21,23-24,27,39H,3-4,6,9-16,18-20H2,1-2H3,(H,35,36,37)/t21-,23?,24?/m1/s1. The van der Waals surface area contributed by atoms with Gasteiger partial charge in [-0.15, -0.1) is 0 Å². The van der Waals surface area contributed by atoms with Crippen LogP contribution in [0.25, 0.3) is 0 Å². The molecule has 9 heteroatoms. The second-order valence-electron chi connectivity index (χ2n) is 12.3. The van der Waals surface area contributed by atoms with Gasteiger partial charge in [0, 0.05) is 35.7 Å². The lowest BCUT2D eigenvalue weighted by atomic mass is 9.88. The summed E-state index contributed by atoms with van der Waals surface area (Å²) < 4.78 is 33.5. The largest absolute Gasteiger partial charge is 0.390 e. The third-order valence-electron chi connectivity index (χ3n) is 9.16. The maximum Gasteiger partial charge on any atom is 0.295 e. The summed E-state index contributed by atoms with van der Waals surface area (Å²) in [6, 6.07) is 6.47. The monoisotopic (exact) mass is 570 g/mol. The zero-order chi connectivity index (χ0) is 29.0. The van der Waals surface area contributed by atoms with Gasteiger partial charge in [-0.3, -0.25) is 9.69 Å². The van der Waals surface area contributed by atoms with Gasteiger partial charge in [-0.25, -0.2) is 9.97 Å². The number of nitrogens with zero attached hydrogens (tertiary/aromatic N) is 3. The van der Waals surface area contributed by atoms with Crippen LogP contribution in [0.2, 0.25) is 0 Å². The van der Waals surface area contributed by atoms with Crippen molar-refractivity contribution in [2.75, 3.05) is 38.2 Å². The first-order chi connectivity index (χ1) is 19.7. The quantitative estimate of drug-likeness (QED) is 0.375. The zero-order valence-corrected chi connectivity index (χ0v) is 24.4. The highest BCUT2D eigenvalue weighted by Gasteiger charge is 2.32. The Morgan fingerprint density at radius 2 is 2.00 bits per heavy atom. The smallest absolute Gasteiger partial charge is 0.295 e. The number of alkyl halides is 2. The van der Waals surface area contributed by atoms with Crippen LogP contribution in [-0.4, -0.2) is 64.7 Å². The summed E-state index contributed by atoms with van der Waals surface area (Å²) in [5.41, 5.74) is 2.57. The molecule has 41 heavy (non-hydrogen) atoms. The fourth-order valence-corrected chi connectivity index (χ4v) is 6.56. The number of ketones is 1. The van der Waals surface area contributed by atoms with E-state index in [0.29, 0.717) is 47.9 Å². The SMILES string of the molecule is Cc1nc2c(c(N[C@H](C)c3cccc(C(F)(F)CO)c3)n1)CC(CCC(=O)CC1CCCCN(C3COC3)CC1)C2. The number of hydrogen-bond acceptors (Lipinski definition) is 7. The van der Waals surface area contributed by atoms with Gasteiger partial charge in [-0.05, 0) is 88.9 Å². The molecule has 224 valence electrons. The number of hydrogen-bond donors (Lipinski definition) is 2. The lowest BCUT2D eigenvalue weighted by Crippen LogP contribution is -2.50. The van der Waals surface area contributed by atoms with Crippen LogP contribution in [0.3, 0.4) is 0 Å². The molecule has 7 nitrogen and oxygen atoms in total. The fourth-order valence-electron chi connectivity index (χ4n) is 6.56.